The van der Waals surface area contributed by atoms with Crippen molar-refractivity contribution in [2.75, 3.05) is 6.54 Å². The predicted molar refractivity (Wildman–Crippen MR) is 126 cm³/mol. The lowest BCUT2D eigenvalue weighted by atomic mass is 9.98. The molecule has 0 aliphatic heterocycles. The Hall–Kier alpha value is -2.38. The quantitative estimate of drug-likeness (QED) is 0.426. The van der Waals surface area contributed by atoms with Crippen molar-refractivity contribution in [2.24, 2.45) is 17.4 Å². The van der Waals surface area contributed by atoms with Gasteiger partial charge in [-0.25, -0.2) is 9.97 Å². The van der Waals surface area contributed by atoms with Crippen LogP contribution in [-0.4, -0.2) is 37.9 Å². The van der Waals surface area contributed by atoms with Crippen LogP contribution >= 0.6 is 0 Å². The SMILES string of the molecule is CC(C)CC(N)C(=O)CCCCCn1cnc2c(C(C)CCN)nc3cccnc3c21. The van der Waals surface area contributed by atoms with Crippen molar-refractivity contribution in [1.29, 1.82) is 0 Å². The summed E-state index contributed by atoms with van der Waals surface area (Å²) in [5, 5.41) is 0. The molecule has 3 heterocycles. The van der Waals surface area contributed by atoms with Crippen molar-refractivity contribution < 1.29 is 4.79 Å². The number of carbonyl (C=O) groups is 1. The molecule has 7 nitrogen and oxygen atoms in total. The summed E-state index contributed by atoms with van der Waals surface area (Å²) in [5.74, 6) is 0.868. The van der Waals surface area contributed by atoms with Crippen molar-refractivity contribution in [3.63, 3.8) is 0 Å². The summed E-state index contributed by atoms with van der Waals surface area (Å²) in [4.78, 5) is 26.3. The predicted octanol–water partition coefficient (Wildman–Crippen LogP) is 3.93. The number of pyridine rings is 2. The number of nitrogens with zero attached hydrogens (tertiary/aromatic N) is 4. The van der Waals surface area contributed by atoms with Crippen molar-refractivity contribution in [1.82, 2.24) is 19.5 Å². The first-order chi connectivity index (χ1) is 14.9. The number of carbonyl (C=O) groups excluding carboxylic acids is 1. The fourth-order valence-electron chi connectivity index (χ4n) is 4.15. The minimum Gasteiger partial charge on any atom is -0.330 e. The number of hydrogen-bond donors (Lipinski definition) is 2. The van der Waals surface area contributed by atoms with Crippen LogP contribution in [0.4, 0.5) is 0 Å². The fourth-order valence-corrected chi connectivity index (χ4v) is 4.15. The highest BCUT2D eigenvalue weighted by molar-refractivity contribution is 6.00. The normalized spacial score (nSPS) is 13.9. The topological polar surface area (TPSA) is 113 Å². The maximum Gasteiger partial charge on any atom is 0.149 e. The van der Waals surface area contributed by atoms with Gasteiger partial charge in [-0.2, -0.15) is 0 Å². The van der Waals surface area contributed by atoms with Crippen molar-refractivity contribution >= 4 is 27.9 Å². The van der Waals surface area contributed by atoms with Gasteiger partial charge in [0.25, 0.3) is 0 Å². The van der Waals surface area contributed by atoms with Crippen LogP contribution in [0, 0.1) is 5.92 Å². The molecule has 0 spiro atoms. The maximum atomic E-state index is 12.2. The molecule has 0 aliphatic rings. The third-order valence-corrected chi connectivity index (χ3v) is 5.86. The lowest BCUT2D eigenvalue weighted by Crippen LogP contribution is -2.31. The Labute approximate surface area is 184 Å². The zero-order valence-corrected chi connectivity index (χ0v) is 19.1. The molecule has 0 amide bonds. The Balaban J connectivity index is 1.70. The van der Waals surface area contributed by atoms with E-state index in [0.29, 0.717) is 18.9 Å². The van der Waals surface area contributed by atoms with E-state index in [9.17, 15) is 4.79 Å². The fraction of sp³-hybridized carbons (Fsp3) is 0.583. The highest BCUT2D eigenvalue weighted by Gasteiger charge is 2.19. The Morgan fingerprint density at radius 1 is 1.13 bits per heavy atom. The zero-order valence-electron chi connectivity index (χ0n) is 19.1. The van der Waals surface area contributed by atoms with Crippen LogP contribution in [0.2, 0.25) is 0 Å². The monoisotopic (exact) mass is 424 g/mol. The summed E-state index contributed by atoms with van der Waals surface area (Å²) in [6, 6.07) is 3.60. The summed E-state index contributed by atoms with van der Waals surface area (Å²) >= 11 is 0. The van der Waals surface area contributed by atoms with Crippen LogP contribution in [0.15, 0.2) is 24.7 Å². The molecular weight excluding hydrogens is 388 g/mol. The van der Waals surface area contributed by atoms with Crippen molar-refractivity contribution in [2.45, 2.75) is 77.8 Å². The molecule has 0 saturated heterocycles. The van der Waals surface area contributed by atoms with Crippen LogP contribution in [0.5, 0.6) is 0 Å². The van der Waals surface area contributed by atoms with Gasteiger partial charge in [-0.3, -0.25) is 9.78 Å². The highest BCUT2D eigenvalue weighted by Crippen LogP contribution is 2.30. The Morgan fingerprint density at radius 2 is 1.94 bits per heavy atom. The number of fused-ring (bicyclic) bond motifs is 3. The van der Waals surface area contributed by atoms with Gasteiger partial charge in [-0.15, -0.1) is 0 Å². The van der Waals surface area contributed by atoms with Crippen LogP contribution in [0.3, 0.4) is 0 Å². The second-order valence-corrected chi connectivity index (χ2v) is 8.99. The number of hydrogen-bond acceptors (Lipinski definition) is 6. The van der Waals surface area contributed by atoms with Crippen LogP contribution in [0.25, 0.3) is 22.1 Å². The van der Waals surface area contributed by atoms with E-state index in [1.54, 1.807) is 6.20 Å². The summed E-state index contributed by atoms with van der Waals surface area (Å²) in [6.45, 7) is 7.80. The molecule has 0 saturated carbocycles. The third-order valence-electron chi connectivity index (χ3n) is 5.86. The Bertz CT molecular complexity index is 1010. The molecule has 31 heavy (non-hydrogen) atoms. The molecular formula is C24H36N6O. The highest BCUT2D eigenvalue weighted by atomic mass is 16.1. The molecule has 0 radical (unpaired) electrons. The summed E-state index contributed by atoms with van der Waals surface area (Å²) in [6.07, 6.45) is 8.71. The number of unbranched alkanes of at least 4 members (excludes halogenated alkanes) is 2. The van der Waals surface area contributed by atoms with E-state index in [0.717, 1.165) is 66.4 Å². The van der Waals surface area contributed by atoms with Gasteiger partial charge in [0.15, 0.2) is 0 Å². The van der Waals surface area contributed by atoms with Crippen molar-refractivity contribution in [3.05, 3.63) is 30.4 Å². The molecule has 3 rings (SSSR count). The lowest BCUT2D eigenvalue weighted by Gasteiger charge is -2.13. The minimum absolute atomic E-state index is 0.182. The molecule has 168 valence electrons. The van der Waals surface area contributed by atoms with E-state index in [1.807, 2.05) is 18.5 Å². The van der Waals surface area contributed by atoms with Gasteiger partial charge in [-0.1, -0.05) is 27.2 Å². The average Bonchev–Trinajstić information content (AvgIpc) is 3.16. The van der Waals surface area contributed by atoms with E-state index in [4.69, 9.17) is 21.4 Å². The molecule has 0 fully saturated rings. The smallest absolute Gasteiger partial charge is 0.149 e. The average molecular weight is 425 g/mol. The number of Topliss-reactive ketones (excluding diaryl/α,β-unsaturated/α-hetero) is 1. The Kier molecular flexibility index (Phi) is 8.09. The van der Waals surface area contributed by atoms with Gasteiger partial charge in [0.05, 0.1) is 29.1 Å². The lowest BCUT2D eigenvalue weighted by molar-refractivity contribution is -0.120. The van der Waals surface area contributed by atoms with E-state index in [1.165, 1.54) is 0 Å². The number of imidazole rings is 1. The van der Waals surface area contributed by atoms with Gasteiger partial charge in [-0.05, 0) is 50.3 Å². The van der Waals surface area contributed by atoms with Crippen LogP contribution in [0.1, 0.15) is 70.9 Å². The van der Waals surface area contributed by atoms with E-state index in [2.05, 4.69) is 30.3 Å². The van der Waals surface area contributed by atoms with Crippen LogP contribution < -0.4 is 11.5 Å². The third kappa shape index (κ3) is 5.66. The van der Waals surface area contributed by atoms with Crippen LogP contribution in [-0.2, 0) is 11.3 Å². The molecule has 3 aromatic rings. The molecule has 4 N–H and O–H groups in total. The second kappa shape index (κ2) is 10.8. The van der Waals surface area contributed by atoms with Gasteiger partial charge < -0.3 is 16.0 Å². The molecule has 2 unspecified atom stereocenters. The Morgan fingerprint density at radius 3 is 2.68 bits per heavy atom. The van der Waals surface area contributed by atoms with Gasteiger partial charge in [0.1, 0.15) is 16.8 Å². The van der Waals surface area contributed by atoms with Gasteiger partial charge in [0, 0.05) is 25.1 Å². The molecule has 7 heteroatoms. The number of nitrogens with two attached hydrogens (primary N) is 2. The number of aromatic nitrogens is 4. The number of ketones is 1. The minimum atomic E-state index is -0.323. The zero-order chi connectivity index (χ0) is 22.4. The van der Waals surface area contributed by atoms with Crippen molar-refractivity contribution in [3.8, 4) is 0 Å². The first kappa shape index (κ1) is 23.3. The molecule has 2 atom stereocenters. The summed E-state index contributed by atoms with van der Waals surface area (Å²) in [5.41, 5.74) is 16.5. The van der Waals surface area contributed by atoms with Gasteiger partial charge >= 0.3 is 0 Å². The second-order valence-electron chi connectivity index (χ2n) is 8.99. The summed E-state index contributed by atoms with van der Waals surface area (Å²) < 4.78 is 2.18. The molecule has 0 aliphatic carbocycles. The largest absolute Gasteiger partial charge is 0.330 e. The first-order valence-electron chi connectivity index (χ1n) is 11.5. The summed E-state index contributed by atoms with van der Waals surface area (Å²) in [7, 11) is 0. The molecule has 0 bridgehead atoms. The first-order valence-corrected chi connectivity index (χ1v) is 11.5. The molecule has 0 aromatic carbocycles. The maximum absolute atomic E-state index is 12.2. The number of rotatable bonds is 12. The van der Waals surface area contributed by atoms with E-state index in [-0.39, 0.29) is 17.7 Å². The standard InChI is InChI=1S/C24H36N6O/c1-16(2)14-18(26)20(31)9-5-4-6-13-30-15-28-23-21(17(3)10-11-25)29-19-8-7-12-27-22(19)24(23)30/h7-8,12,15-18H,4-6,9-11,13-14,25-26H2,1-3H3. The van der Waals surface area contributed by atoms with Gasteiger partial charge in [0.2, 0.25) is 0 Å². The number of aryl methyl sites for hydroxylation is 1. The molecule has 3 aromatic heterocycles. The van der Waals surface area contributed by atoms with E-state index < -0.39 is 0 Å². The van der Waals surface area contributed by atoms with E-state index >= 15 is 0 Å².